The smallest absolute Gasteiger partial charge is 0.301 e. The molecule has 1 spiro atoms. The fourth-order valence-electron chi connectivity index (χ4n) is 8.05. The van der Waals surface area contributed by atoms with Crippen molar-refractivity contribution in [3.8, 4) is 0 Å². The zero-order valence-corrected chi connectivity index (χ0v) is 17.3. The number of epoxide rings is 1. The standard InChI is InChI=1S/C23H29F3O4/c1-19-5-3-16-14(15(19)4-6-20(19,27)12-17(24)18(25)26)2-7-21-13-22(28-10-11-29-22)8-9-23(16,21)30-21/h3,14-15,27H,2,4-13H2,1H3/t14?,15?,19-,20+,21+,23+/m0/s1. The summed E-state index contributed by atoms with van der Waals surface area (Å²) < 4.78 is 57.9. The van der Waals surface area contributed by atoms with Crippen molar-refractivity contribution in [2.45, 2.75) is 87.3 Å². The predicted molar refractivity (Wildman–Crippen MR) is 101 cm³/mol. The van der Waals surface area contributed by atoms with Gasteiger partial charge in [0.15, 0.2) is 11.6 Å². The molecule has 2 heterocycles. The number of hydrogen-bond acceptors (Lipinski definition) is 4. The Morgan fingerprint density at radius 3 is 2.60 bits per heavy atom. The van der Waals surface area contributed by atoms with E-state index in [2.05, 4.69) is 6.08 Å². The van der Waals surface area contributed by atoms with E-state index >= 15 is 0 Å². The maximum atomic E-state index is 13.8. The molecule has 0 aromatic rings. The Morgan fingerprint density at radius 1 is 1.10 bits per heavy atom. The van der Waals surface area contributed by atoms with Crippen LogP contribution in [0.4, 0.5) is 13.2 Å². The largest absolute Gasteiger partial charge is 0.389 e. The second kappa shape index (κ2) is 5.91. The van der Waals surface area contributed by atoms with Gasteiger partial charge < -0.3 is 19.3 Å². The van der Waals surface area contributed by atoms with Gasteiger partial charge in [-0.05, 0) is 55.9 Å². The molecule has 0 aromatic heterocycles. The third-order valence-corrected chi connectivity index (χ3v) is 9.65. The summed E-state index contributed by atoms with van der Waals surface area (Å²) in [5.74, 6) is -1.56. The second-order valence-corrected chi connectivity index (χ2v) is 10.7. The van der Waals surface area contributed by atoms with Crippen LogP contribution in [0, 0.1) is 17.3 Å². The van der Waals surface area contributed by atoms with Crippen LogP contribution in [0.15, 0.2) is 23.6 Å². The lowest BCUT2D eigenvalue weighted by Crippen LogP contribution is -2.54. The molecule has 1 N–H and O–H groups in total. The van der Waals surface area contributed by atoms with E-state index in [0.717, 1.165) is 38.5 Å². The molecule has 0 amide bonds. The molecule has 5 fully saturated rings. The second-order valence-electron chi connectivity index (χ2n) is 10.7. The van der Waals surface area contributed by atoms with E-state index in [0.29, 0.717) is 26.1 Å². The average molecular weight is 426 g/mol. The first kappa shape index (κ1) is 19.8. The summed E-state index contributed by atoms with van der Waals surface area (Å²) in [5.41, 5.74) is -1.18. The van der Waals surface area contributed by atoms with Gasteiger partial charge in [0.05, 0.1) is 18.8 Å². The van der Waals surface area contributed by atoms with Crippen molar-refractivity contribution in [3.05, 3.63) is 23.6 Å². The highest BCUT2D eigenvalue weighted by Crippen LogP contribution is 2.74. The number of allylic oxidation sites excluding steroid dienone is 1. The lowest BCUT2D eigenvalue weighted by molar-refractivity contribution is -0.185. The van der Waals surface area contributed by atoms with Crippen LogP contribution < -0.4 is 0 Å². The lowest BCUT2D eigenvalue weighted by atomic mass is 9.52. The van der Waals surface area contributed by atoms with Crippen LogP contribution in [0.3, 0.4) is 0 Å². The van der Waals surface area contributed by atoms with Gasteiger partial charge in [0.2, 0.25) is 0 Å². The van der Waals surface area contributed by atoms with E-state index in [-0.39, 0.29) is 23.0 Å². The molecule has 0 bridgehead atoms. The number of hydrogen-bond donors (Lipinski definition) is 1. The Hall–Kier alpha value is -0.890. The maximum absolute atomic E-state index is 13.8. The SMILES string of the molecule is C[C@]12CC=C3C(CC[C@@]45CC6(CC[C@@]34O5)OCCO6)C1CC[C@@]2(O)CC(F)=C(F)F. The van der Waals surface area contributed by atoms with Crippen LogP contribution in [0.25, 0.3) is 0 Å². The molecular weight excluding hydrogens is 397 g/mol. The van der Waals surface area contributed by atoms with Crippen LogP contribution in [0.2, 0.25) is 0 Å². The summed E-state index contributed by atoms with van der Waals surface area (Å²) in [6.45, 7) is 3.24. The molecule has 2 unspecified atom stereocenters. The summed E-state index contributed by atoms with van der Waals surface area (Å²) in [5, 5.41) is 11.3. The van der Waals surface area contributed by atoms with E-state index in [1.165, 1.54) is 5.57 Å². The zero-order valence-electron chi connectivity index (χ0n) is 17.3. The van der Waals surface area contributed by atoms with Crippen LogP contribution in [0.1, 0.15) is 64.7 Å². The van der Waals surface area contributed by atoms with Crippen molar-refractivity contribution in [1.82, 2.24) is 0 Å². The van der Waals surface area contributed by atoms with Gasteiger partial charge in [-0.15, -0.1) is 0 Å². The molecule has 4 nitrogen and oxygen atoms in total. The molecule has 4 aliphatic carbocycles. The predicted octanol–water partition coefficient (Wildman–Crippen LogP) is 4.78. The highest BCUT2D eigenvalue weighted by Gasteiger charge is 2.79. The highest BCUT2D eigenvalue weighted by atomic mass is 19.3. The fraction of sp³-hybridized carbons (Fsp3) is 0.826. The van der Waals surface area contributed by atoms with Crippen LogP contribution >= 0.6 is 0 Å². The lowest BCUT2D eigenvalue weighted by Gasteiger charge is -2.52. The topological polar surface area (TPSA) is 51.2 Å². The summed E-state index contributed by atoms with van der Waals surface area (Å²) in [7, 11) is 0. The Labute approximate surface area is 174 Å². The van der Waals surface area contributed by atoms with E-state index in [4.69, 9.17) is 14.2 Å². The summed E-state index contributed by atoms with van der Waals surface area (Å²) in [6.07, 6.45) is 5.25. The molecule has 6 rings (SSSR count). The van der Waals surface area contributed by atoms with Gasteiger partial charge in [0.25, 0.3) is 0 Å². The molecule has 0 radical (unpaired) electrons. The number of rotatable bonds is 2. The van der Waals surface area contributed by atoms with Gasteiger partial charge in [0.1, 0.15) is 11.2 Å². The minimum atomic E-state index is -2.32. The Bertz CT molecular complexity index is 847. The summed E-state index contributed by atoms with van der Waals surface area (Å²) in [6, 6.07) is 0. The third kappa shape index (κ3) is 2.28. The van der Waals surface area contributed by atoms with Gasteiger partial charge in [-0.2, -0.15) is 8.78 Å². The Kier molecular flexibility index (Phi) is 3.90. The first-order valence-corrected chi connectivity index (χ1v) is 11.3. The van der Waals surface area contributed by atoms with Gasteiger partial charge in [-0.3, -0.25) is 0 Å². The first-order chi connectivity index (χ1) is 14.2. The minimum absolute atomic E-state index is 0.157. The molecule has 2 aliphatic heterocycles. The fourth-order valence-corrected chi connectivity index (χ4v) is 8.05. The molecule has 2 saturated heterocycles. The van der Waals surface area contributed by atoms with Gasteiger partial charge >= 0.3 is 6.08 Å². The minimum Gasteiger partial charge on any atom is -0.389 e. The maximum Gasteiger partial charge on any atom is 0.301 e. The molecule has 6 atom stereocenters. The number of ether oxygens (including phenoxy) is 3. The summed E-state index contributed by atoms with van der Waals surface area (Å²) >= 11 is 0. The molecular formula is C23H29F3O4. The number of halogens is 3. The summed E-state index contributed by atoms with van der Waals surface area (Å²) in [4.78, 5) is 0. The van der Waals surface area contributed by atoms with Crippen molar-refractivity contribution in [1.29, 1.82) is 0 Å². The van der Waals surface area contributed by atoms with Crippen molar-refractivity contribution < 1.29 is 32.5 Å². The van der Waals surface area contributed by atoms with E-state index in [1.54, 1.807) is 0 Å². The third-order valence-electron chi connectivity index (χ3n) is 9.65. The van der Waals surface area contributed by atoms with E-state index in [9.17, 15) is 18.3 Å². The van der Waals surface area contributed by atoms with Crippen LogP contribution in [-0.2, 0) is 14.2 Å². The van der Waals surface area contributed by atoms with Crippen LogP contribution in [-0.4, -0.2) is 40.9 Å². The van der Waals surface area contributed by atoms with Gasteiger partial charge in [-0.25, -0.2) is 4.39 Å². The van der Waals surface area contributed by atoms with Crippen molar-refractivity contribution in [2.75, 3.05) is 13.2 Å². The van der Waals surface area contributed by atoms with Gasteiger partial charge in [0, 0.05) is 24.7 Å². The Balaban J connectivity index is 1.31. The normalized spacial score (nSPS) is 50.2. The van der Waals surface area contributed by atoms with E-state index in [1.807, 2.05) is 6.92 Å². The van der Waals surface area contributed by atoms with E-state index < -0.39 is 35.1 Å². The first-order valence-electron chi connectivity index (χ1n) is 11.3. The molecule has 7 heteroatoms. The number of aliphatic hydroxyl groups is 1. The quantitative estimate of drug-likeness (QED) is 0.510. The van der Waals surface area contributed by atoms with Crippen molar-refractivity contribution >= 4 is 0 Å². The van der Waals surface area contributed by atoms with Gasteiger partial charge in [-0.1, -0.05) is 13.0 Å². The zero-order chi connectivity index (χ0) is 21.0. The monoisotopic (exact) mass is 426 g/mol. The average Bonchev–Trinajstić information content (AvgIpc) is 3.05. The highest BCUT2D eigenvalue weighted by molar-refractivity contribution is 5.43. The van der Waals surface area contributed by atoms with Crippen LogP contribution in [0.5, 0.6) is 0 Å². The molecule has 6 aliphatic rings. The molecule has 0 aromatic carbocycles. The molecule has 30 heavy (non-hydrogen) atoms. The van der Waals surface area contributed by atoms with Crippen molar-refractivity contribution in [3.63, 3.8) is 0 Å². The number of fused-ring (bicyclic) bond motifs is 3. The Morgan fingerprint density at radius 2 is 1.87 bits per heavy atom. The molecule has 3 saturated carbocycles. The van der Waals surface area contributed by atoms with Crippen molar-refractivity contribution in [2.24, 2.45) is 17.3 Å². The molecule has 166 valence electrons.